The zero-order chi connectivity index (χ0) is 19.4. The van der Waals surface area contributed by atoms with Gasteiger partial charge in [-0.1, -0.05) is 11.6 Å². The second kappa shape index (κ2) is 8.24. The lowest BCUT2D eigenvalue weighted by molar-refractivity contribution is 0.0302. The number of carbonyl (C=O) groups is 1. The molecule has 3 rings (SSSR count). The molecule has 1 saturated heterocycles. The summed E-state index contributed by atoms with van der Waals surface area (Å²) in [6.45, 7) is 1.98. The second-order valence-electron chi connectivity index (χ2n) is 6.04. The van der Waals surface area contributed by atoms with E-state index in [0.717, 1.165) is 0 Å². The SMILES string of the molecule is COc1ccc(Cl)cc1S(=O)(=O)Cc1cncc(C(=O)N2CCOCC2)c1. The molecule has 0 aliphatic carbocycles. The number of aromatic nitrogens is 1. The summed E-state index contributed by atoms with van der Waals surface area (Å²) < 4.78 is 36.1. The number of hydrogen-bond donors (Lipinski definition) is 0. The van der Waals surface area contributed by atoms with Crippen LogP contribution in [0, 0.1) is 0 Å². The van der Waals surface area contributed by atoms with Gasteiger partial charge in [0, 0.05) is 30.5 Å². The van der Waals surface area contributed by atoms with Gasteiger partial charge < -0.3 is 14.4 Å². The molecule has 1 amide bonds. The van der Waals surface area contributed by atoms with Crippen molar-refractivity contribution in [3.05, 3.63) is 52.8 Å². The molecule has 0 saturated carbocycles. The highest BCUT2D eigenvalue weighted by molar-refractivity contribution is 7.90. The molecule has 0 unspecified atom stereocenters. The second-order valence-corrected chi connectivity index (χ2v) is 8.44. The molecule has 1 aromatic heterocycles. The van der Waals surface area contributed by atoms with Gasteiger partial charge in [-0.2, -0.15) is 0 Å². The molecule has 1 aromatic carbocycles. The fourth-order valence-electron chi connectivity index (χ4n) is 2.82. The third-order valence-corrected chi connectivity index (χ3v) is 6.10. The van der Waals surface area contributed by atoms with Crippen LogP contribution >= 0.6 is 11.6 Å². The number of hydrogen-bond acceptors (Lipinski definition) is 6. The van der Waals surface area contributed by atoms with Crippen molar-refractivity contribution < 1.29 is 22.7 Å². The van der Waals surface area contributed by atoms with Gasteiger partial charge >= 0.3 is 0 Å². The van der Waals surface area contributed by atoms with Gasteiger partial charge in [-0.3, -0.25) is 9.78 Å². The van der Waals surface area contributed by atoms with Gasteiger partial charge in [-0.05, 0) is 29.8 Å². The molecule has 0 bridgehead atoms. The molecule has 1 aliphatic heterocycles. The Kier molecular flexibility index (Phi) is 5.98. The maximum Gasteiger partial charge on any atom is 0.255 e. The summed E-state index contributed by atoms with van der Waals surface area (Å²) in [4.78, 5) is 18.3. The van der Waals surface area contributed by atoms with E-state index in [1.807, 2.05) is 0 Å². The van der Waals surface area contributed by atoms with Gasteiger partial charge in [0.2, 0.25) is 0 Å². The van der Waals surface area contributed by atoms with E-state index in [-0.39, 0.29) is 22.3 Å². The topological polar surface area (TPSA) is 85.8 Å². The van der Waals surface area contributed by atoms with Crippen molar-refractivity contribution in [2.45, 2.75) is 10.6 Å². The normalized spacial score (nSPS) is 14.8. The van der Waals surface area contributed by atoms with E-state index in [1.54, 1.807) is 17.0 Å². The Morgan fingerprint density at radius 2 is 2.00 bits per heavy atom. The van der Waals surface area contributed by atoms with E-state index >= 15 is 0 Å². The Balaban J connectivity index is 1.85. The number of pyridine rings is 1. The molecule has 0 radical (unpaired) electrons. The van der Waals surface area contributed by atoms with Crippen molar-refractivity contribution in [1.82, 2.24) is 9.88 Å². The lowest BCUT2D eigenvalue weighted by Crippen LogP contribution is -2.40. The molecule has 144 valence electrons. The zero-order valence-corrected chi connectivity index (χ0v) is 16.3. The van der Waals surface area contributed by atoms with E-state index in [0.29, 0.717) is 42.5 Å². The summed E-state index contributed by atoms with van der Waals surface area (Å²) in [7, 11) is -2.35. The number of nitrogens with zero attached hydrogens (tertiary/aromatic N) is 2. The van der Waals surface area contributed by atoms with Gasteiger partial charge in [0.15, 0.2) is 9.84 Å². The first kappa shape index (κ1) is 19.6. The Hall–Kier alpha value is -2.16. The molecule has 27 heavy (non-hydrogen) atoms. The number of methoxy groups -OCH3 is 1. The van der Waals surface area contributed by atoms with E-state index in [2.05, 4.69) is 4.98 Å². The molecule has 1 fully saturated rings. The number of rotatable bonds is 5. The van der Waals surface area contributed by atoms with Gasteiger partial charge in [0.1, 0.15) is 10.6 Å². The monoisotopic (exact) mass is 410 g/mol. The van der Waals surface area contributed by atoms with Gasteiger partial charge in [-0.25, -0.2) is 8.42 Å². The summed E-state index contributed by atoms with van der Waals surface area (Å²) in [6.07, 6.45) is 2.87. The fourth-order valence-corrected chi connectivity index (χ4v) is 4.58. The molecule has 2 heterocycles. The summed E-state index contributed by atoms with van der Waals surface area (Å²) in [6, 6.07) is 5.97. The predicted octanol–water partition coefficient (Wildman–Crippen LogP) is 2.19. The Labute approximate surface area is 162 Å². The van der Waals surface area contributed by atoms with Gasteiger partial charge in [0.25, 0.3) is 5.91 Å². The molecule has 0 atom stereocenters. The van der Waals surface area contributed by atoms with Crippen LogP contribution in [-0.4, -0.2) is 57.6 Å². The first-order valence-corrected chi connectivity index (χ1v) is 10.3. The quantitative estimate of drug-likeness (QED) is 0.751. The molecule has 2 aromatic rings. The number of halogens is 1. The largest absolute Gasteiger partial charge is 0.495 e. The Bertz CT molecular complexity index is 943. The summed E-state index contributed by atoms with van der Waals surface area (Å²) >= 11 is 5.94. The minimum absolute atomic E-state index is 0.00223. The van der Waals surface area contributed by atoms with Gasteiger partial charge in [0.05, 0.1) is 31.6 Å². The van der Waals surface area contributed by atoms with E-state index in [1.165, 1.54) is 31.6 Å². The minimum atomic E-state index is -3.74. The summed E-state index contributed by atoms with van der Waals surface area (Å²) in [5, 5.41) is 0.295. The zero-order valence-electron chi connectivity index (χ0n) is 14.7. The summed E-state index contributed by atoms with van der Waals surface area (Å²) in [5.41, 5.74) is 0.763. The smallest absolute Gasteiger partial charge is 0.255 e. The molecule has 0 N–H and O–H groups in total. The van der Waals surface area contributed by atoms with E-state index < -0.39 is 9.84 Å². The molecule has 9 heteroatoms. The van der Waals surface area contributed by atoms with Crippen LogP contribution in [0.15, 0.2) is 41.6 Å². The van der Waals surface area contributed by atoms with Crippen molar-refractivity contribution in [1.29, 1.82) is 0 Å². The lowest BCUT2D eigenvalue weighted by Gasteiger charge is -2.26. The standard InChI is InChI=1S/C18H19ClN2O5S/c1-25-16-3-2-15(19)9-17(16)27(23,24)12-13-8-14(11-20-10-13)18(22)21-4-6-26-7-5-21/h2-3,8-11H,4-7,12H2,1H3. The molecular formula is C18H19ClN2O5S. The van der Waals surface area contributed by atoms with Crippen LogP contribution < -0.4 is 4.74 Å². The van der Waals surface area contributed by atoms with Crippen molar-refractivity contribution in [3.63, 3.8) is 0 Å². The lowest BCUT2D eigenvalue weighted by atomic mass is 10.2. The highest BCUT2D eigenvalue weighted by Gasteiger charge is 2.23. The van der Waals surface area contributed by atoms with E-state index in [4.69, 9.17) is 21.1 Å². The predicted molar refractivity (Wildman–Crippen MR) is 99.9 cm³/mol. The average molecular weight is 411 g/mol. The van der Waals surface area contributed by atoms with E-state index in [9.17, 15) is 13.2 Å². The van der Waals surface area contributed by atoms with Crippen LogP contribution in [0.2, 0.25) is 5.02 Å². The fraction of sp³-hybridized carbons (Fsp3) is 0.333. The number of amides is 1. The van der Waals surface area contributed by atoms with Crippen LogP contribution in [-0.2, 0) is 20.3 Å². The number of ether oxygens (including phenoxy) is 2. The van der Waals surface area contributed by atoms with Crippen molar-refractivity contribution >= 4 is 27.3 Å². The molecule has 1 aliphatic rings. The van der Waals surface area contributed by atoms with Crippen LogP contribution in [0.1, 0.15) is 15.9 Å². The van der Waals surface area contributed by atoms with Crippen molar-refractivity contribution in [2.75, 3.05) is 33.4 Å². The first-order valence-electron chi connectivity index (χ1n) is 8.28. The molecule has 0 spiro atoms. The number of morpholine rings is 1. The van der Waals surface area contributed by atoms with Crippen LogP contribution in [0.25, 0.3) is 0 Å². The molecular weight excluding hydrogens is 392 g/mol. The number of benzene rings is 1. The highest BCUT2D eigenvalue weighted by atomic mass is 35.5. The first-order chi connectivity index (χ1) is 12.9. The molecule has 7 nitrogen and oxygen atoms in total. The van der Waals surface area contributed by atoms with Crippen molar-refractivity contribution in [2.24, 2.45) is 0 Å². The van der Waals surface area contributed by atoms with Crippen LogP contribution in [0.4, 0.5) is 0 Å². The maximum absolute atomic E-state index is 12.8. The van der Waals surface area contributed by atoms with Gasteiger partial charge in [-0.15, -0.1) is 0 Å². The Morgan fingerprint density at radius 1 is 1.26 bits per heavy atom. The van der Waals surface area contributed by atoms with Crippen LogP contribution in [0.3, 0.4) is 0 Å². The summed E-state index contributed by atoms with van der Waals surface area (Å²) in [5.74, 6) is -0.292. The third-order valence-electron chi connectivity index (χ3n) is 4.16. The Morgan fingerprint density at radius 3 is 2.70 bits per heavy atom. The number of carbonyl (C=O) groups excluding carboxylic acids is 1. The van der Waals surface area contributed by atoms with Crippen molar-refractivity contribution in [3.8, 4) is 5.75 Å². The average Bonchev–Trinajstić information content (AvgIpc) is 2.68. The minimum Gasteiger partial charge on any atom is -0.495 e. The maximum atomic E-state index is 12.8. The van der Waals surface area contributed by atoms with Crippen LogP contribution in [0.5, 0.6) is 5.75 Å². The highest BCUT2D eigenvalue weighted by Crippen LogP contribution is 2.29. The third kappa shape index (κ3) is 4.58. The number of sulfone groups is 1.